The van der Waals surface area contributed by atoms with Gasteiger partial charge in [-0.05, 0) is 24.3 Å². The molecule has 0 spiro atoms. The number of benzene rings is 2. The van der Waals surface area contributed by atoms with Crippen molar-refractivity contribution in [1.82, 2.24) is 0 Å². The van der Waals surface area contributed by atoms with Crippen molar-refractivity contribution in [3.63, 3.8) is 0 Å². The van der Waals surface area contributed by atoms with Crippen molar-refractivity contribution >= 4 is 28.9 Å². The quantitative estimate of drug-likeness (QED) is 0.644. The van der Waals surface area contributed by atoms with Gasteiger partial charge in [-0.3, -0.25) is 19.7 Å². The SMILES string of the molecule is CC(C)(C)C(=O)Nc1ccc(C(=O)Nc2cc([N+](=O)[O-])ccc2[O-])cc1. The van der Waals surface area contributed by atoms with E-state index in [0.29, 0.717) is 5.69 Å². The maximum absolute atomic E-state index is 12.2. The molecular weight excluding hydrogens is 338 g/mol. The normalized spacial score (nSPS) is 10.9. The molecule has 26 heavy (non-hydrogen) atoms. The Labute approximate surface area is 150 Å². The zero-order valence-electron chi connectivity index (χ0n) is 14.5. The van der Waals surface area contributed by atoms with Crippen molar-refractivity contribution in [3.8, 4) is 5.75 Å². The summed E-state index contributed by atoms with van der Waals surface area (Å²) in [6, 6.07) is 9.20. The average molecular weight is 356 g/mol. The Morgan fingerprint density at radius 1 is 1.00 bits per heavy atom. The number of hydrogen-bond donors (Lipinski definition) is 2. The molecular formula is C18H18N3O5-. The number of nitro benzene ring substituents is 1. The van der Waals surface area contributed by atoms with Gasteiger partial charge in [0.2, 0.25) is 5.91 Å². The van der Waals surface area contributed by atoms with Crippen LogP contribution in [0.2, 0.25) is 0 Å². The van der Waals surface area contributed by atoms with E-state index >= 15 is 0 Å². The molecule has 0 heterocycles. The van der Waals surface area contributed by atoms with Gasteiger partial charge in [-0.1, -0.05) is 32.6 Å². The maximum atomic E-state index is 12.2. The largest absolute Gasteiger partial charge is 0.871 e. The highest BCUT2D eigenvalue weighted by atomic mass is 16.6. The van der Waals surface area contributed by atoms with Gasteiger partial charge in [0.05, 0.1) is 4.92 Å². The second-order valence-corrected chi connectivity index (χ2v) is 6.67. The first kappa shape index (κ1) is 18.9. The van der Waals surface area contributed by atoms with Gasteiger partial charge >= 0.3 is 0 Å². The first-order chi connectivity index (χ1) is 12.1. The van der Waals surface area contributed by atoms with Crippen LogP contribution in [0, 0.1) is 15.5 Å². The molecule has 0 radical (unpaired) electrons. The van der Waals surface area contributed by atoms with Gasteiger partial charge in [-0.25, -0.2) is 0 Å². The molecule has 2 aromatic carbocycles. The van der Waals surface area contributed by atoms with Gasteiger partial charge in [0.1, 0.15) is 0 Å². The van der Waals surface area contributed by atoms with Crippen LogP contribution in [0.15, 0.2) is 42.5 Å². The molecule has 2 rings (SSSR count). The van der Waals surface area contributed by atoms with Crippen LogP contribution in [0.5, 0.6) is 5.75 Å². The fourth-order valence-corrected chi connectivity index (χ4v) is 1.95. The van der Waals surface area contributed by atoms with Crippen LogP contribution in [0.1, 0.15) is 31.1 Å². The van der Waals surface area contributed by atoms with Crippen molar-refractivity contribution in [1.29, 1.82) is 0 Å². The molecule has 2 amide bonds. The molecule has 0 aliphatic carbocycles. The van der Waals surface area contributed by atoms with Crippen molar-refractivity contribution in [2.24, 2.45) is 5.41 Å². The van der Waals surface area contributed by atoms with E-state index in [1.807, 2.05) is 0 Å². The average Bonchev–Trinajstić information content (AvgIpc) is 2.56. The molecule has 0 saturated heterocycles. The number of nitrogens with one attached hydrogen (secondary N) is 2. The van der Waals surface area contributed by atoms with Crippen LogP contribution in [0.4, 0.5) is 17.1 Å². The first-order valence-electron chi connectivity index (χ1n) is 7.76. The summed E-state index contributed by atoms with van der Waals surface area (Å²) in [5.41, 5.74) is -0.247. The van der Waals surface area contributed by atoms with Crippen LogP contribution in [0.3, 0.4) is 0 Å². The lowest BCUT2D eigenvalue weighted by molar-refractivity contribution is -0.385. The summed E-state index contributed by atoms with van der Waals surface area (Å²) >= 11 is 0. The summed E-state index contributed by atoms with van der Waals surface area (Å²) in [7, 11) is 0. The number of amides is 2. The number of non-ortho nitro benzene ring substituents is 1. The number of carbonyl (C=O) groups is 2. The molecule has 0 aliphatic rings. The summed E-state index contributed by atoms with van der Waals surface area (Å²) in [5.74, 6) is -1.28. The Morgan fingerprint density at radius 3 is 2.15 bits per heavy atom. The summed E-state index contributed by atoms with van der Waals surface area (Å²) in [6.45, 7) is 5.34. The van der Waals surface area contributed by atoms with Gasteiger partial charge in [0.15, 0.2) is 0 Å². The van der Waals surface area contributed by atoms with Crippen molar-refractivity contribution in [2.45, 2.75) is 20.8 Å². The standard InChI is InChI=1S/C18H19N3O5/c1-18(2,3)17(24)19-12-6-4-11(5-7-12)16(23)20-14-10-13(21(25)26)8-9-15(14)22/h4-10,22H,1-3H3,(H,19,24)(H,20,23)/p-1. The van der Waals surface area contributed by atoms with Crippen molar-refractivity contribution in [2.75, 3.05) is 10.6 Å². The fraction of sp³-hybridized carbons (Fsp3) is 0.222. The Morgan fingerprint density at radius 2 is 1.62 bits per heavy atom. The molecule has 8 heteroatoms. The van der Waals surface area contributed by atoms with Crippen molar-refractivity contribution in [3.05, 3.63) is 58.1 Å². The van der Waals surface area contributed by atoms with E-state index in [1.165, 1.54) is 12.1 Å². The summed E-state index contributed by atoms with van der Waals surface area (Å²) in [5, 5.41) is 27.6. The van der Waals surface area contributed by atoms with Crippen LogP contribution >= 0.6 is 0 Å². The summed E-state index contributed by atoms with van der Waals surface area (Å²) < 4.78 is 0. The van der Waals surface area contributed by atoms with Crippen molar-refractivity contribution < 1.29 is 19.6 Å². The van der Waals surface area contributed by atoms with Gasteiger partial charge < -0.3 is 15.7 Å². The number of nitro groups is 1. The Kier molecular flexibility index (Phi) is 5.25. The molecule has 0 bridgehead atoms. The summed E-state index contributed by atoms with van der Waals surface area (Å²) in [6.07, 6.45) is 0. The third kappa shape index (κ3) is 4.56. The van der Waals surface area contributed by atoms with Gasteiger partial charge in [-0.2, -0.15) is 0 Å². The lowest BCUT2D eigenvalue weighted by Crippen LogP contribution is -2.27. The van der Waals surface area contributed by atoms with E-state index in [4.69, 9.17) is 0 Å². The predicted molar refractivity (Wildman–Crippen MR) is 95.0 cm³/mol. The first-order valence-corrected chi connectivity index (χ1v) is 7.76. The molecule has 0 aromatic heterocycles. The predicted octanol–water partition coefficient (Wildman–Crippen LogP) is 2.91. The van der Waals surface area contributed by atoms with Crippen LogP contribution in [-0.4, -0.2) is 16.7 Å². The molecule has 0 aliphatic heterocycles. The van der Waals surface area contributed by atoms with E-state index < -0.39 is 22.0 Å². The summed E-state index contributed by atoms with van der Waals surface area (Å²) in [4.78, 5) is 34.3. The maximum Gasteiger partial charge on any atom is 0.271 e. The molecule has 0 unspecified atom stereocenters. The number of nitrogens with zero attached hydrogens (tertiary/aromatic N) is 1. The molecule has 2 N–H and O–H groups in total. The third-order valence-corrected chi connectivity index (χ3v) is 3.51. The van der Waals surface area contributed by atoms with Gasteiger partial charge in [0, 0.05) is 34.5 Å². The van der Waals surface area contributed by atoms with E-state index in [9.17, 15) is 24.8 Å². The zero-order valence-corrected chi connectivity index (χ0v) is 14.5. The van der Waals surface area contributed by atoms with Crippen LogP contribution in [-0.2, 0) is 4.79 Å². The van der Waals surface area contributed by atoms with E-state index in [2.05, 4.69) is 10.6 Å². The van der Waals surface area contributed by atoms with E-state index in [1.54, 1.807) is 32.9 Å². The highest BCUT2D eigenvalue weighted by molar-refractivity contribution is 6.05. The second kappa shape index (κ2) is 7.22. The topological polar surface area (TPSA) is 124 Å². The lowest BCUT2D eigenvalue weighted by atomic mass is 9.95. The highest BCUT2D eigenvalue weighted by Crippen LogP contribution is 2.26. The van der Waals surface area contributed by atoms with Crippen LogP contribution < -0.4 is 15.7 Å². The molecule has 0 atom stereocenters. The van der Waals surface area contributed by atoms with Gasteiger partial charge in [0.25, 0.3) is 11.6 Å². The monoisotopic (exact) mass is 356 g/mol. The number of anilines is 2. The molecule has 0 saturated carbocycles. The molecule has 136 valence electrons. The smallest absolute Gasteiger partial charge is 0.271 e. The highest BCUT2D eigenvalue weighted by Gasteiger charge is 2.21. The van der Waals surface area contributed by atoms with Crippen LogP contribution in [0.25, 0.3) is 0 Å². The Balaban J connectivity index is 2.12. The van der Waals surface area contributed by atoms with E-state index in [0.717, 1.165) is 18.2 Å². The minimum Gasteiger partial charge on any atom is -0.871 e. The lowest BCUT2D eigenvalue weighted by Gasteiger charge is -2.18. The second-order valence-electron chi connectivity index (χ2n) is 6.67. The Bertz CT molecular complexity index is 854. The van der Waals surface area contributed by atoms with Gasteiger partial charge in [-0.15, -0.1) is 0 Å². The molecule has 8 nitrogen and oxygen atoms in total. The fourth-order valence-electron chi connectivity index (χ4n) is 1.95. The molecule has 2 aromatic rings. The number of hydrogen-bond acceptors (Lipinski definition) is 5. The number of carbonyl (C=O) groups excluding carboxylic acids is 2. The molecule has 0 fully saturated rings. The Hall–Kier alpha value is -3.42. The zero-order chi connectivity index (χ0) is 19.5. The third-order valence-electron chi connectivity index (χ3n) is 3.51. The number of rotatable bonds is 4. The minimum absolute atomic E-state index is 0.165. The van der Waals surface area contributed by atoms with E-state index in [-0.39, 0.29) is 22.8 Å². The minimum atomic E-state index is -0.651.